The quantitative estimate of drug-likeness (QED) is 0.453. The molecule has 1 aromatic carbocycles. The molecule has 1 amide bonds. The first-order valence-electron chi connectivity index (χ1n) is 7.65. The second kappa shape index (κ2) is 6.81. The zero-order valence-electron chi connectivity index (χ0n) is 13.5. The maximum Gasteiger partial charge on any atom is 0.323 e. The van der Waals surface area contributed by atoms with Gasteiger partial charge in [-0.1, -0.05) is 17.8 Å². The SMILES string of the molecule is C[C@H](Sc1nnc(-c2cccs2)o1)C(=O)Nc1ccc2[nH]c(=O)[nH]c2c1. The van der Waals surface area contributed by atoms with Crippen molar-refractivity contribution >= 4 is 45.7 Å². The number of hydrogen-bond acceptors (Lipinski definition) is 7. The summed E-state index contributed by atoms with van der Waals surface area (Å²) < 4.78 is 5.59. The minimum absolute atomic E-state index is 0.205. The lowest BCUT2D eigenvalue weighted by molar-refractivity contribution is -0.115. The molecule has 4 aromatic rings. The van der Waals surface area contributed by atoms with Gasteiger partial charge in [0.1, 0.15) is 0 Å². The third kappa shape index (κ3) is 3.41. The summed E-state index contributed by atoms with van der Waals surface area (Å²) in [5.74, 6) is 0.236. The maximum atomic E-state index is 12.4. The van der Waals surface area contributed by atoms with Crippen LogP contribution >= 0.6 is 23.1 Å². The number of thiophene rings is 1. The fourth-order valence-corrected chi connectivity index (χ4v) is 3.64. The smallest absolute Gasteiger partial charge is 0.323 e. The molecule has 8 nitrogen and oxygen atoms in total. The number of aromatic amines is 2. The van der Waals surface area contributed by atoms with Crippen molar-refractivity contribution in [1.82, 2.24) is 20.2 Å². The fraction of sp³-hybridized carbons (Fsp3) is 0.125. The molecule has 4 rings (SSSR count). The van der Waals surface area contributed by atoms with Crippen molar-refractivity contribution in [1.29, 1.82) is 0 Å². The number of carbonyl (C=O) groups excluding carboxylic acids is 1. The summed E-state index contributed by atoms with van der Waals surface area (Å²) in [5, 5.41) is 12.6. The Morgan fingerprint density at radius 3 is 2.92 bits per heavy atom. The van der Waals surface area contributed by atoms with Crippen LogP contribution in [0.25, 0.3) is 21.8 Å². The highest BCUT2D eigenvalue weighted by atomic mass is 32.2. The Morgan fingerprint density at radius 1 is 1.27 bits per heavy atom. The number of carbonyl (C=O) groups is 1. The summed E-state index contributed by atoms with van der Waals surface area (Å²) in [6.45, 7) is 1.76. The molecule has 0 saturated carbocycles. The van der Waals surface area contributed by atoms with Crippen LogP contribution in [0.1, 0.15) is 6.92 Å². The average molecular weight is 387 g/mol. The second-order valence-corrected chi connectivity index (χ2v) is 7.68. The first-order chi connectivity index (χ1) is 12.6. The predicted octanol–water partition coefficient (Wildman–Crippen LogP) is 3.09. The standard InChI is InChI=1S/C16H13N5O3S2/c1-8(26-16-21-20-14(24-16)12-3-2-6-25-12)13(22)17-9-4-5-10-11(7-9)19-15(23)18-10/h2-8H,1H3,(H,17,22)(H2,18,19,23)/t8-/m0/s1. The number of H-pyrrole nitrogens is 2. The largest absolute Gasteiger partial charge is 0.410 e. The van der Waals surface area contributed by atoms with E-state index in [1.807, 2.05) is 17.5 Å². The molecule has 26 heavy (non-hydrogen) atoms. The molecule has 0 fully saturated rings. The van der Waals surface area contributed by atoms with Gasteiger partial charge >= 0.3 is 5.69 Å². The van der Waals surface area contributed by atoms with Crippen LogP contribution in [0.2, 0.25) is 0 Å². The molecule has 0 radical (unpaired) electrons. The van der Waals surface area contributed by atoms with E-state index < -0.39 is 5.25 Å². The zero-order valence-corrected chi connectivity index (χ0v) is 15.1. The van der Waals surface area contributed by atoms with Crippen molar-refractivity contribution in [2.75, 3.05) is 5.32 Å². The van der Waals surface area contributed by atoms with Crippen LogP contribution < -0.4 is 11.0 Å². The molecule has 3 N–H and O–H groups in total. The van der Waals surface area contributed by atoms with Crippen LogP contribution in [-0.2, 0) is 4.79 Å². The third-order valence-corrected chi connectivity index (χ3v) is 5.36. The highest BCUT2D eigenvalue weighted by Crippen LogP contribution is 2.29. The van der Waals surface area contributed by atoms with E-state index in [0.717, 1.165) is 4.88 Å². The highest BCUT2D eigenvalue weighted by Gasteiger charge is 2.19. The van der Waals surface area contributed by atoms with Crippen LogP contribution in [0.5, 0.6) is 0 Å². The lowest BCUT2D eigenvalue weighted by Gasteiger charge is -2.09. The second-order valence-electron chi connectivity index (χ2n) is 5.44. The van der Waals surface area contributed by atoms with Crippen molar-refractivity contribution < 1.29 is 9.21 Å². The van der Waals surface area contributed by atoms with Gasteiger partial charge in [0.25, 0.3) is 11.1 Å². The van der Waals surface area contributed by atoms with E-state index in [0.29, 0.717) is 27.8 Å². The Bertz CT molecular complexity index is 1110. The highest BCUT2D eigenvalue weighted by molar-refractivity contribution is 8.00. The number of nitrogens with zero attached hydrogens (tertiary/aromatic N) is 2. The van der Waals surface area contributed by atoms with Gasteiger partial charge in [-0.15, -0.1) is 21.5 Å². The lowest BCUT2D eigenvalue weighted by atomic mass is 10.2. The molecular formula is C16H13N5O3S2. The number of rotatable bonds is 5. The van der Waals surface area contributed by atoms with Gasteiger partial charge in [-0.2, -0.15) is 0 Å². The summed E-state index contributed by atoms with van der Waals surface area (Å²) in [7, 11) is 0. The molecule has 0 spiro atoms. The van der Waals surface area contributed by atoms with Crippen LogP contribution in [0, 0.1) is 0 Å². The predicted molar refractivity (Wildman–Crippen MR) is 100 cm³/mol. The lowest BCUT2D eigenvalue weighted by Crippen LogP contribution is -2.22. The number of nitrogens with one attached hydrogen (secondary N) is 3. The summed E-state index contributed by atoms with van der Waals surface area (Å²) in [6, 6.07) is 8.95. The van der Waals surface area contributed by atoms with Gasteiger partial charge in [-0.3, -0.25) is 4.79 Å². The van der Waals surface area contributed by atoms with Gasteiger partial charge in [0.05, 0.1) is 21.2 Å². The average Bonchev–Trinajstić information content (AvgIpc) is 3.33. The fourth-order valence-electron chi connectivity index (χ4n) is 2.32. The Labute approximate surface area is 155 Å². The first kappa shape index (κ1) is 16.6. The van der Waals surface area contributed by atoms with Crippen LogP contribution in [-0.4, -0.2) is 31.3 Å². The topological polar surface area (TPSA) is 117 Å². The van der Waals surface area contributed by atoms with Crippen molar-refractivity contribution in [2.24, 2.45) is 0 Å². The summed E-state index contributed by atoms with van der Waals surface area (Å²) in [5.41, 5.74) is 1.62. The number of fused-ring (bicyclic) bond motifs is 1. The molecule has 3 heterocycles. The molecule has 0 bridgehead atoms. The Hall–Kier alpha value is -2.85. The summed E-state index contributed by atoms with van der Waals surface area (Å²) in [6.07, 6.45) is 0. The third-order valence-electron chi connectivity index (χ3n) is 3.57. The normalized spacial score (nSPS) is 12.3. The van der Waals surface area contributed by atoms with Gasteiger partial charge < -0.3 is 19.7 Å². The van der Waals surface area contributed by atoms with Gasteiger partial charge in [-0.05, 0) is 36.6 Å². The van der Waals surface area contributed by atoms with E-state index in [4.69, 9.17) is 4.42 Å². The molecule has 0 aliphatic rings. The minimum Gasteiger partial charge on any atom is -0.410 e. The number of aromatic nitrogens is 4. The Balaban J connectivity index is 1.43. The Morgan fingerprint density at radius 2 is 2.12 bits per heavy atom. The van der Waals surface area contributed by atoms with Crippen molar-refractivity contribution in [2.45, 2.75) is 17.4 Å². The summed E-state index contributed by atoms with van der Waals surface area (Å²) in [4.78, 5) is 29.9. The van der Waals surface area contributed by atoms with Gasteiger partial charge in [0.15, 0.2) is 0 Å². The Kier molecular flexibility index (Phi) is 4.35. The van der Waals surface area contributed by atoms with Crippen molar-refractivity contribution in [3.63, 3.8) is 0 Å². The molecule has 0 saturated heterocycles. The zero-order chi connectivity index (χ0) is 18.1. The van der Waals surface area contributed by atoms with E-state index in [1.54, 1.807) is 25.1 Å². The summed E-state index contributed by atoms with van der Waals surface area (Å²) >= 11 is 2.69. The van der Waals surface area contributed by atoms with E-state index in [1.165, 1.54) is 23.1 Å². The van der Waals surface area contributed by atoms with Crippen molar-refractivity contribution in [3.8, 4) is 10.8 Å². The number of anilines is 1. The molecule has 10 heteroatoms. The van der Waals surface area contributed by atoms with Gasteiger partial charge in [0, 0.05) is 5.69 Å². The molecule has 0 aliphatic carbocycles. The maximum absolute atomic E-state index is 12.4. The van der Waals surface area contributed by atoms with Crippen LogP contribution in [0.4, 0.5) is 5.69 Å². The molecule has 0 unspecified atom stereocenters. The molecule has 132 valence electrons. The molecule has 0 aliphatic heterocycles. The van der Waals surface area contributed by atoms with E-state index in [-0.39, 0.29) is 11.6 Å². The number of thioether (sulfide) groups is 1. The number of amides is 1. The molecule has 3 aromatic heterocycles. The van der Waals surface area contributed by atoms with E-state index in [2.05, 4.69) is 25.5 Å². The number of imidazole rings is 1. The van der Waals surface area contributed by atoms with Crippen molar-refractivity contribution in [3.05, 3.63) is 46.2 Å². The number of hydrogen-bond donors (Lipinski definition) is 3. The van der Waals surface area contributed by atoms with Crippen LogP contribution in [0.3, 0.4) is 0 Å². The minimum atomic E-state index is -0.437. The molecular weight excluding hydrogens is 374 g/mol. The van der Waals surface area contributed by atoms with E-state index in [9.17, 15) is 9.59 Å². The molecule has 1 atom stereocenters. The van der Waals surface area contributed by atoms with Gasteiger partial charge in [0.2, 0.25) is 5.91 Å². The van der Waals surface area contributed by atoms with E-state index >= 15 is 0 Å². The number of benzene rings is 1. The van der Waals surface area contributed by atoms with Gasteiger partial charge in [-0.25, -0.2) is 4.79 Å². The van der Waals surface area contributed by atoms with Crippen LogP contribution in [0.15, 0.2) is 50.1 Å². The first-order valence-corrected chi connectivity index (χ1v) is 9.41. The monoisotopic (exact) mass is 387 g/mol.